The van der Waals surface area contributed by atoms with Gasteiger partial charge in [0.15, 0.2) is 5.76 Å². The normalized spacial score (nSPS) is 18.6. The van der Waals surface area contributed by atoms with Crippen molar-refractivity contribution in [2.45, 2.75) is 30.6 Å². The largest absolute Gasteiger partial charge is 0.459 e. The fraction of sp³-hybridized carbons (Fsp3) is 0.478. The van der Waals surface area contributed by atoms with E-state index in [9.17, 15) is 18.0 Å². The number of anilines is 1. The molecule has 0 atom stereocenters. The van der Waals surface area contributed by atoms with Gasteiger partial charge in [-0.3, -0.25) is 14.5 Å². The van der Waals surface area contributed by atoms with E-state index in [1.165, 1.54) is 6.26 Å². The summed E-state index contributed by atoms with van der Waals surface area (Å²) in [4.78, 5) is 28.8. The van der Waals surface area contributed by atoms with Gasteiger partial charge in [0, 0.05) is 45.0 Å². The topological polar surface area (TPSA) is 103 Å². The van der Waals surface area contributed by atoms with E-state index in [4.69, 9.17) is 4.42 Å². The summed E-state index contributed by atoms with van der Waals surface area (Å²) < 4.78 is 32.5. The molecule has 2 aromatic rings. The number of nitrogens with zero attached hydrogens (tertiary/aromatic N) is 3. The molecule has 0 radical (unpaired) electrons. The Balaban J connectivity index is 1.26. The molecule has 10 heteroatoms. The van der Waals surface area contributed by atoms with Gasteiger partial charge >= 0.3 is 0 Å². The van der Waals surface area contributed by atoms with Crippen molar-refractivity contribution in [3.63, 3.8) is 0 Å². The molecule has 33 heavy (non-hydrogen) atoms. The number of nitrogens with one attached hydrogen (secondary N) is 1. The first-order valence-electron chi connectivity index (χ1n) is 11.4. The zero-order valence-corrected chi connectivity index (χ0v) is 19.4. The van der Waals surface area contributed by atoms with Crippen LogP contribution in [-0.4, -0.2) is 80.2 Å². The third-order valence-electron chi connectivity index (χ3n) is 6.10. The summed E-state index contributed by atoms with van der Waals surface area (Å²) in [6, 6.07) is 9.69. The molecule has 0 spiro atoms. The minimum atomic E-state index is -3.51. The lowest BCUT2D eigenvalue weighted by atomic mass is 10.2. The van der Waals surface area contributed by atoms with Crippen molar-refractivity contribution in [2.24, 2.45) is 0 Å². The maximum Gasteiger partial charge on any atom is 0.289 e. The van der Waals surface area contributed by atoms with E-state index in [1.807, 2.05) is 4.90 Å². The quantitative estimate of drug-likeness (QED) is 0.689. The molecule has 1 aromatic carbocycles. The number of piperazine rings is 1. The maximum absolute atomic E-state index is 12.9. The third-order valence-corrected chi connectivity index (χ3v) is 8.01. The lowest BCUT2D eigenvalue weighted by Gasteiger charge is -2.33. The molecule has 3 heterocycles. The molecular weight excluding hydrogens is 444 g/mol. The van der Waals surface area contributed by atoms with Crippen LogP contribution in [-0.2, 0) is 14.8 Å². The average molecular weight is 475 g/mol. The minimum absolute atomic E-state index is 0.140. The van der Waals surface area contributed by atoms with Gasteiger partial charge in [-0.25, -0.2) is 8.42 Å². The van der Waals surface area contributed by atoms with Gasteiger partial charge in [0.25, 0.3) is 5.91 Å². The standard InChI is InChI=1S/C23H30N4O5S/c28-22(18-25-13-15-26(16-14-25)23(29)21-6-5-17-32-21)24-19-7-9-20(10-8-19)33(30,31)27-11-3-1-2-4-12-27/h5-10,17H,1-4,11-16,18H2,(H,24,28). The van der Waals surface area contributed by atoms with Crippen molar-refractivity contribution in [1.29, 1.82) is 0 Å². The van der Waals surface area contributed by atoms with Crippen molar-refractivity contribution in [2.75, 3.05) is 51.1 Å². The first kappa shape index (κ1) is 23.5. The predicted octanol–water partition coefficient (Wildman–Crippen LogP) is 2.24. The summed E-state index contributed by atoms with van der Waals surface area (Å²) in [5.41, 5.74) is 0.557. The Morgan fingerprint density at radius 3 is 2.15 bits per heavy atom. The van der Waals surface area contributed by atoms with Crippen molar-refractivity contribution in [3.05, 3.63) is 48.4 Å². The van der Waals surface area contributed by atoms with E-state index in [0.717, 1.165) is 25.7 Å². The van der Waals surface area contributed by atoms with Gasteiger partial charge < -0.3 is 14.6 Å². The molecule has 0 saturated carbocycles. The second-order valence-corrected chi connectivity index (χ2v) is 10.4. The zero-order chi connectivity index (χ0) is 23.3. The van der Waals surface area contributed by atoms with Crippen LogP contribution in [0, 0.1) is 0 Å². The van der Waals surface area contributed by atoms with E-state index in [0.29, 0.717) is 50.7 Å². The lowest BCUT2D eigenvalue weighted by Crippen LogP contribution is -2.50. The van der Waals surface area contributed by atoms with Crippen molar-refractivity contribution < 1.29 is 22.4 Å². The monoisotopic (exact) mass is 474 g/mol. The second kappa shape index (κ2) is 10.5. The smallest absolute Gasteiger partial charge is 0.289 e. The lowest BCUT2D eigenvalue weighted by molar-refractivity contribution is -0.117. The number of rotatable bonds is 6. The number of carbonyl (C=O) groups is 2. The highest BCUT2D eigenvalue weighted by atomic mass is 32.2. The fourth-order valence-corrected chi connectivity index (χ4v) is 5.73. The molecule has 0 bridgehead atoms. The molecule has 2 saturated heterocycles. The number of hydrogen-bond acceptors (Lipinski definition) is 6. The van der Waals surface area contributed by atoms with Gasteiger partial charge in [0.1, 0.15) is 0 Å². The van der Waals surface area contributed by atoms with Crippen LogP contribution in [0.25, 0.3) is 0 Å². The van der Waals surface area contributed by atoms with Gasteiger partial charge in [-0.05, 0) is 49.2 Å². The molecule has 2 aliphatic heterocycles. The molecule has 0 aliphatic carbocycles. The Kier molecular flexibility index (Phi) is 7.46. The maximum atomic E-state index is 12.9. The molecule has 2 fully saturated rings. The average Bonchev–Trinajstić information content (AvgIpc) is 3.21. The van der Waals surface area contributed by atoms with E-state index < -0.39 is 10.0 Å². The molecule has 178 valence electrons. The van der Waals surface area contributed by atoms with Crippen LogP contribution < -0.4 is 5.32 Å². The van der Waals surface area contributed by atoms with E-state index in [-0.39, 0.29) is 23.3 Å². The van der Waals surface area contributed by atoms with Crippen LogP contribution in [0.15, 0.2) is 52.0 Å². The summed E-state index contributed by atoms with van der Waals surface area (Å²) in [6.45, 7) is 3.55. The Labute approximate surface area is 194 Å². The van der Waals surface area contributed by atoms with Crippen LogP contribution >= 0.6 is 0 Å². The highest BCUT2D eigenvalue weighted by Crippen LogP contribution is 2.22. The van der Waals surface area contributed by atoms with Crippen molar-refractivity contribution in [1.82, 2.24) is 14.1 Å². The summed E-state index contributed by atoms with van der Waals surface area (Å²) in [7, 11) is -3.51. The van der Waals surface area contributed by atoms with Gasteiger partial charge in [-0.2, -0.15) is 4.31 Å². The molecule has 9 nitrogen and oxygen atoms in total. The molecule has 4 rings (SSSR count). The zero-order valence-electron chi connectivity index (χ0n) is 18.6. The van der Waals surface area contributed by atoms with Gasteiger partial charge in [-0.1, -0.05) is 12.8 Å². The summed E-state index contributed by atoms with van der Waals surface area (Å²) in [5.74, 6) is 0.00533. The Morgan fingerprint density at radius 1 is 0.879 bits per heavy atom. The van der Waals surface area contributed by atoms with Crippen molar-refractivity contribution in [3.8, 4) is 0 Å². The number of sulfonamides is 1. The first-order chi connectivity index (χ1) is 15.9. The minimum Gasteiger partial charge on any atom is -0.459 e. The molecular formula is C23H30N4O5S. The molecule has 2 amide bonds. The summed E-state index contributed by atoms with van der Waals surface area (Å²) in [5, 5.41) is 2.83. The van der Waals surface area contributed by atoms with Crippen LogP contribution in [0.5, 0.6) is 0 Å². The van der Waals surface area contributed by atoms with Crippen LogP contribution in [0.3, 0.4) is 0 Å². The van der Waals surface area contributed by atoms with Gasteiger partial charge in [0.05, 0.1) is 17.7 Å². The molecule has 0 unspecified atom stereocenters. The number of furan rings is 1. The number of carbonyl (C=O) groups excluding carboxylic acids is 2. The summed E-state index contributed by atoms with van der Waals surface area (Å²) >= 11 is 0. The number of hydrogen-bond donors (Lipinski definition) is 1. The van der Waals surface area contributed by atoms with Crippen molar-refractivity contribution >= 4 is 27.5 Å². The first-order valence-corrected chi connectivity index (χ1v) is 12.8. The number of amides is 2. The SMILES string of the molecule is O=C(CN1CCN(C(=O)c2ccco2)CC1)Nc1ccc(S(=O)(=O)N2CCCCCC2)cc1. The molecule has 2 aliphatic rings. The van der Waals surface area contributed by atoms with Crippen LogP contribution in [0.2, 0.25) is 0 Å². The van der Waals surface area contributed by atoms with Gasteiger partial charge in [0.2, 0.25) is 15.9 Å². The third kappa shape index (κ3) is 5.82. The number of benzene rings is 1. The Morgan fingerprint density at radius 2 is 1.55 bits per heavy atom. The molecule has 1 N–H and O–H groups in total. The van der Waals surface area contributed by atoms with E-state index in [1.54, 1.807) is 45.6 Å². The van der Waals surface area contributed by atoms with Gasteiger partial charge in [-0.15, -0.1) is 0 Å². The van der Waals surface area contributed by atoms with Crippen LogP contribution in [0.1, 0.15) is 36.2 Å². The van der Waals surface area contributed by atoms with E-state index >= 15 is 0 Å². The predicted molar refractivity (Wildman–Crippen MR) is 123 cm³/mol. The summed E-state index contributed by atoms with van der Waals surface area (Å²) in [6.07, 6.45) is 5.38. The Bertz CT molecular complexity index is 1040. The second-order valence-electron chi connectivity index (χ2n) is 8.44. The Hall–Kier alpha value is -2.69. The highest BCUT2D eigenvalue weighted by molar-refractivity contribution is 7.89. The fourth-order valence-electron chi connectivity index (χ4n) is 4.21. The van der Waals surface area contributed by atoms with E-state index in [2.05, 4.69) is 5.32 Å². The molecule has 1 aromatic heterocycles. The highest BCUT2D eigenvalue weighted by Gasteiger charge is 2.26. The van der Waals surface area contributed by atoms with Crippen LogP contribution in [0.4, 0.5) is 5.69 Å².